The van der Waals surface area contributed by atoms with Gasteiger partial charge in [0, 0.05) is 6.54 Å². The topological polar surface area (TPSA) is 58.6 Å². The minimum absolute atomic E-state index is 0.0979. The van der Waals surface area contributed by atoms with E-state index < -0.39 is 15.9 Å². The minimum Gasteiger partial charge on any atom is -0.491 e. The first-order valence-corrected chi connectivity index (χ1v) is 8.02. The zero-order chi connectivity index (χ0) is 16.5. The highest BCUT2D eigenvalue weighted by Crippen LogP contribution is 2.63. The smallest absolute Gasteiger partial charge is 0.229 e. The van der Waals surface area contributed by atoms with Crippen LogP contribution in [0.3, 0.4) is 0 Å². The summed E-state index contributed by atoms with van der Waals surface area (Å²) < 4.78 is 4.54. The Labute approximate surface area is 140 Å². The van der Waals surface area contributed by atoms with Crippen LogP contribution in [0.4, 0.5) is 0 Å². The summed E-state index contributed by atoms with van der Waals surface area (Å²) in [4.78, 5) is 12.0. The van der Waals surface area contributed by atoms with Crippen LogP contribution in [-0.4, -0.2) is 28.0 Å². The first-order valence-electron chi connectivity index (χ1n) is 7.26. The molecular weight excluding hydrogens is 325 g/mol. The highest BCUT2D eigenvalue weighted by Gasteiger charge is 2.67. The summed E-state index contributed by atoms with van der Waals surface area (Å²) in [5.41, 5.74) is -0.0644. The number of carbonyl (C=O) groups excluding carboxylic acids is 1. The second-order valence-electron chi connectivity index (χ2n) is 6.17. The predicted molar refractivity (Wildman–Crippen MR) is 87.3 cm³/mol. The van der Waals surface area contributed by atoms with Crippen LogP contribution in [0, 0.1) is 5.41 Å². The molecule has 0 aromatic heterocycles. The molecule has 1 aliphatic carbocycles. The average molecular weight is 346 g/mol. The molecule has 0 heterocycles. The zero-order valence-electron chi connectivity index (χ0n) is 12.9. The van der Waals surface area contributed by atoms with Crippen molar-refractivity contribution in [1.29, 1.82) is 0 Å². The van der Waals surface area contributed by atoms with Gasteiger partial charge in [-0.15, -0.1) is 23.2 Å². The van der Waals surface area contributed by atoms with E-state index in [-0.39, 0.29) is 18.6 Å². The molecule has 6 heteroatoms. The van der Waals surface area contributed by atoms with Gasteiger partial charge in [0.15, 0.2) is 0 Å². The highest BCUT2D eigenvalue weighted by molar-refractivity contribution is 6.53. The quantitative estimate of drug-likeness (QED) is 0.778. The Bertz CT molecular complexity index is 545. The Morgan fingerprint density at radius 1 is 1.36 bits per heavy atom. The summed E-state index contributed by atoms with van der Waals surface area (Å²) in [6.07, 6.45) is -0.271. The summed E-state index contributed by atoms with van der Waals surface area (Å²) in [5, 5.41) is 12.8. The molecule has 1 aromatic rings. The van der Waals surface area contributed by atoms with Gasteiger partial charge in [0.1, 0.15) is 10.1 Å². The first kappa shape index (κ1) is 17.4. The minimum atomic E-state index is -1.00. The van der Waals surface area contributed by atoms with Gasteiger partial charge in [0.2, 0.25) is 5.91 Å². The van der Waals surface area contributed by atoms with Gasteiger partial charge in [0.05, 0.1) is 17.6 Å². The van der Waals surface area contributed by atoms with Gasteiger partial charge in [0.25, 0.3) is 0 Å². The van der Waals surface area contributed by atoms with Crippen LogP contribution in [0.2, 0.25) is 0 Å². The van der Waals surface area contributed by atoms with Crippen molar-refractivity contribution in [1.82, 2.24) is 5.32 Å². The molecular formula is C16H21Cl2NO3. The molecule has 122 valence electrons. The van der Waals surface area contributed by atoms with E-state index >= 15 is 0 Å². The molecule has 22 heavy (non-hydrogen) atoms. The molecule has 0 aliphatic heterocycles. The Morgan fingerprint density at radius 2 is 1.91 bits per heavy atom. The Balaban J connectivity index is 1.87. The number of hydrogen-bond donors (Lipinski definition) is 2. The maximum Gasteiger partial charge on any atom is 0.229 e. The molecule has 1 saturated carbocycles. The second-order valence-corrected chi connectivity index (χ2v) is 7.66. The fourth-order valence-electron chi connectivity index (χ4n) is 2.19. The van der Waals surface area contributed by atoms with Gasteiger partial charge in [-0.1, -0.05) is 12.1 Å². The van der Waals surface area contributed by atoms with Gasteiger partial charge >= 0.3 is 0 Å². The summed E-state index contributed by atoms with van der Waals surface area (Å²) in [7, 11) is 0. The molecule has 2 atom stereocenters. The molecule has 1 aliphatic rings. The molecule has 1 amide bonds. The van der Waals surface area contributed by atoms with E-state index in [0.29, 0.717) is 12.0 Å². The third-order valence-electron chi connectivity index (χ3n) is 3.85. The van der Waals surface area contributed by atoms with Gasteiger partial charge in [-0.05, 0) is 44.9 Å². The molecule has 0 saturated heterocycles. The van der Waals surface area contributed by atoms with E-state index in [1.54, 1.807) is 31.2 Å². The molecule has 1 aromatic carbocycles. The summed E-state index contributed by atoms with van der Waals surface area (Å²) in [6.45, 7) is 5.73. The zero-order valence-corrected chi connectivity index (χ0v) is 14.4. The lowest BCUT2D eigenvalue weighted by atomic mass is 10.1. The van der Waals surface area contributed by atoms with Gasteiger partial charge in [-0.3, -0.25) is 4.79 Å². The van der Waals surface area contributed by atoms with E-state index in [1.807, 2.05) is 13.8 Å². The van der Waals surface area contributed by atoms with Crippen LogP contribution >= 0.6 is 23.2 Å². The lowest BCUT2D eigenvalue weighted by molar-refractivity contribution is -0.126. The van der Waals surface area contributed by atoms with Gasteiger partial charge < -0.3 is 15.2 Å². The number of aliphatic hydroxyl groups excluding tert-OH is 1. The molecule has 0 radical (unpaired) electrons. The van der Waals surface area contributed by atoms with Crippen molar-refractivity contribution in [2.75, 3.05) is 6.54 Å². The number of ether oxygens (including phenoxy) is 1. The molecule has 2 rings (SSSR count). The van der Waals surface area contributed by atoms with E-state index in [2.05, 4.69) is 5.32 Å². The van der Waals surface area contributed by atoms with Crippen molar-refractivity contribution in [2.45, 2.75) is 43.7 Å². The van der Waals surface area contributed by atoms with Crippen molar-refractivity contribution in [3.8, 4) is 5.75 Å². The lowest BCUT2D eigenvalue weighted by Crippen LogP contribution is -2.36. The van der Waals surface area contributed by atoms with Crippen LogP contribution in [-0.2, 0) is 4.79 Å². The average Bonchev–Trinajstić information content (AvgIpc) is 2.96. The van der Waals surface area contributed by atoms with Crippen LogP contribution in [0.5, 0.6) is 5.75 Å². The number of carbonyl (C=O) groups is 1. The van der Waals surface area contributed by atoms with Crippen LogP contribution < -0.4 is 10.1 Å². The third-order valence-corrected chi connectivity index (χ3v) is 4.95. The molecule has 0 bridgehead atoms. The number of halogens is 2. The number of benzene rings is 1. The summed E-state index contributed by atoms with van der Waals surface area (Å²) in [6, 6.07) is 7.15. The van der Waals surface area contributed by atoms with Crippen molar-refractivity contribution in [2.24, 2.45) is 5.41 Å². The number of nitrogens with one attached hydrogen (secondary N) is 1. The lowest BCUT2D eigenvalue weighted by Gasteiger charge is -2.16. The van der Waals surface area contributed by atoms with Gasteiger partial charge in [-0.2, -0.15) is 0 Å². The normalized spacial score (nSPS) is 24.0. The number of amides is 1. The van der Waals surface area contributed by atoms with Crippen molar-refractivity contribution in [3.63, 3.8) is 0 Å². The highest BCUT2D eigenvalue weighted by atomic mass is 35.5. The van der Waals surface area contributed by atoms with E-state index in [0.717, 1.165) is 5.75 Å². The number of rotatable bonds is 6. The Kier molecular flexibility index (Phi) is 4.95. The Hall–Kier alpha value is -0.970. The van der Waals surface area contributed by atoms with Gasteiger partial charge in [-0.25, -0.2) is 0 Å². The molecule has 4 nitrogen and oxygen atoms in total. The van der Waals surface area contributed by atoms with E-state index in [4.69, 9.17) is 27.9 Å². The number of hydrogen-bond acceptors (Lipinski definition) is 3. The fraction of sp³-hybridized carbons (Fsp3) is 0.562. The van der Waals surface area contributed by atoms with E-state index in [9.17, 15) is 9.90 Å². The standard InChI is InChI=1S/C16H21Cl2NO3/c1-10(2)22-12-6-4-11(5-7-12)13(20)8-19-14(21)15(3)9-16(15,17)18/h4-7,10,13,20H,8-9H2,1-3H3,(H,19,21)/t13-,15-/m0/s1. The summed E-state index contributed by atoms with van der Waals surface area (Å²) in [5.74, 6) is 0.505. The second kappa shape index (κ2) is 6.26. The number of aliphatic hydroxyl groups is 1. The third kappa shape index (κ3) is 3.67. The SMILES string of the molecule is CC(C)Oc1ccc([C@@H](O)CNC(=O)[C@]2(C)CC2(Cl)Cl)cc1. The summed E-state index contributed by atoms with van der Waals surface area (Å²) >= 11 is 11.9. The number of alkyl halides is 2. The molecule has 1 fully saturated rings. The fourth-order valence-corrected chi connectivity index (χ4v) is 2.90. The van der Waals surface area contributed by atoms with Crippen LogP contribution in [0.15, 0.2) is 24.3 Å². The van der Waals surface area contributed by atoms with Crippen LogP contribution in [0.25, 0.3) is 0 Å². The van der Waals surface area contributed by atoms with Crippen LogP contribution in [0.1, 0.15) is 38.9 Å². The van der Waals surface area contributed by atoms with Crippen molar-refractivity contribution >= 4 is 29.1 Å². The molecule has 2 N–H and O–H groups in total. The molecule has 0 unspecified atom stereocenters. The monoisotopic (exact) mass is 345 g/mol. The van der Waals surface area contributed by atoms with Crippen molar-refractivity contribution in [3.05, 3.63) is 29.8 Å². The maximum atomic E-state index is 12.0. The first-order chi connectivity index (χ1) is 10.2. The largest absolute Gasteiger partial charge is 0.491 e. The van der Waals surface area contributed by atoms with Crippen molar-refractivity contribution < 1.29 is 14.6 Å². The molecule has 0 spiro atoms. The Morgan fingerprint density at radius 3 is 2.36 bits per heavy atom. The maximum absolute atomic E-state index is 12.0. The predicted octanol–water partition coefficient (Wildman–Crippen LogP) is 3.21. The van der Waals surface area contributed by atoms with E-state index in [1.165, 1.54) is 0 Å².